The minimum Gasteiger partial charge on any atom is -0.488 e. The lowest BCUT2D eigenvalue weighted by Gasteiger charge is -2.20. The molecular weight excluding hydrogens is 951 g/mol. The highest BCUT2D eigenvalue weighted by Crippen LogP contribution is 2.43. The molecule has 16 N–H and O–H groups in total. The second-order valence-corrected chi connectivity index (χ2v) is 15.2. The van der Waals surface area contributed by atoms with Gasteiger partial charge in [0.2, 0.25) is 11.8 Å². The van der Waals surface area contributed by atoms with Crippen LogP contribution in [0, 0.1) is 0 Å². The first-order chi connectivity index (χ1) is 29.2. The Morgan fingerprint density at radius 3 is 1.42 bits per heavy atom. The van der Waals surface area contributed by atoms with Gasteiger partial charge in [0, 0.05) is 39.0 Å². The molecule has 0 saturated heterocycles. The Hall–Kier alpha value is -6.03. The predicted molar refractivity (Wildman–Crippen MR) is 231 cm³/mol. The number of carbonyl (C=O) groups is 4. The van der Waals surface area contributed by atoms with Gasteiger partial charge in [-0.2, -0.15) is 26.3 Å². The summed E-state index contributed by atoms with van der Waals surface area (Å²) in [4.78, 5) is 64.3. The van der Waals surface area contributed by atoms with Crippen molar-refractivity contribution in [3.63, 3.8) is 0 Å². The quantitative estimate of drug-likeness (QED) is 0.0268. The van der Waals surface area contributed by atoms with Gasteiger partial charge >= 0.3 is 12.4 Å². The zero-order chi connectivity index (χ0) is 46.0. The normalized spacial score (nSPS) is 12.5. The topological polar surface area (TPSA) is 328 Å². The van der Waals surface area contributed by atoms with Crippen LogP contribution in [0.3, 0.4) is 0 Å². The van der Waals surface area contributed by atoms with Gasteiger partial charge in [-0.1, -0.05) is 20.7 Å². The van der Waals surface area contributed by atoms with Crippen LogP contribution in [0.1, 0.15) is 49.7 Å². The second-order valence-electron chi connectivity index (χ2n) is 12.8. The lowest BCUT2D eigenvalue weighted by atomic mass is 10.1. The zero-order valence-corrected chi connectivity index (χ0v) is 35.0. The number of guanidine groups is 2. The van der Waals surface area contributed by atoms with Crippen molar-refractivity contribution in [1.29, 1.82) is 0 Å². The lowest BCUT2D eigenvalue weighted by Crippen LogP contribution is -2.25. The molecule has 0 aromatic heterocycles. The summed E-state index contributed by atoms with van der Waals surface area (Å²) >= 11 is -1.43. The maximum atomic E-state index is 14.1. The zero-order valence-electron chi connectivity index (χ0n) is 32.9. The minimum absolute atomic E-state index is 0.104. The van der Waals surface area contributed by atoms with Gasteiger partial charge < -0.3 is 65.1 Å². The lowest BCUT2D eigenvalue weighted by molar-refractivity contribution is -0.138. The molecule has 0 spiro atoms. The monoisotopic (exact) mass is 997 g/mol. The van der Waals surface area contributed by atoms with Crippen molar-refractivity contribution in [3.8, 4) is 11.5 Å². The van der Waals surface area contributed by atoms with E-state index in [1.165, 1.54) is 4.22 Å². The first kappa shape index (κ1) is 50.3. The maximum Gasteiger partial charge on any atom is 0.416 e. The number of amides is 4. The molecule has 340 valence electrons. The molecule has 0 saturated carbocycles. The Kier molecular flexibility index (Phi) is 19.3. The van der Waals surface area contributed by atoms with Crippen molar-refractivity contribution in [1.82, 2.24) is 0 Å². The van der Waals surface area contributed by atoms with E-state index in [-0.39, 0.29) is 92.0 Å². The number of nitrogens with two attached hydrogens (primary N) is 6. The number of benzene rings is 2. The van der Waals surface area contributed by atoms with Gasteiger partial charge in [0.25, 0.3) is 11.8 Å². The van der Waals surface area contributed by atoms with E-state index in [1.54, 1.807) is 0 Å². The standard InChI is InChI=1S/C36H46F6IN13O6/c37-35(38,39)19-13-22(53-27(57)5-1-3-9-50-33(46)47)29(61-11-7-44)24(15-19)55-31(59)21-17-26(52-18-43-21)32(60)56-25-16-20(36(40,41)42)14-23(30(25)62-12-8-45)54-28(58)6-2-4-10-51-34(48)49/h13-18H,1-12,44-45H2,(H,53,57)(H,54,58)(H,55,59)(H,56,60)(H4,46,47,50)(H4,48,49,51). The third-order valence-corrected chi connectivity index (χ3v) is 9.91. The van der Waals surface area contributed by atoms with E-state index in [1.807, 2.05) is 0 Å². The molecular formula is C36H46F6IN13O6. The number of hydrogen-bond donors (Lipinski definition) is 10. The minimum atomic E-state index is -4.97. The van der Waals surface area contributed by atoms with Crippen LogP contribution < -0.4 is 65.1 Å². The summed E-state index contributed by atoms with van der Waals surface area (Å²) in [6.07, 6.45) is -7.88. The van der Waals surface area contributed by atoms with Crippen LogP contribution >= 0.6 is 20.7 Å². The second kappa shape index (κ2) is 23.8. The summed E-state index contributed by atoms with van der Waals surface area (Å²) in [7, 11) is 0. The summed E-state index contributed by atoms with van der Waals surface area (Å²) in [5.41, 5.74) is 27.3. The van der Waals surface area contributed by atoms with Gasteiger partial charge in [0.05, 0.1) is 41.6 Å². The number of ether oxygens (including phenoxy) is 2. The first-order valence-corrected chi connectivity index (χ1v) is 20.8. The van der Waals surface area contributed by atoms with Crippen molar-refractivity contribution in [2.75, 3.05) is 60.7 Å². The molecule has 4 amide bonds. The number of hydrogen-bond acceptors (Lipinski definition) is 11. The molecule has 1 heterocycles. The van der Waals surface area contributed by atoms with Crippen LogP contribution in [-0.4, -0.2) is 82.7 Å². The van der Waals surface area contributed by atoms with Gasteiger partial charge in [-0.25, -0.2) is 4.99 Å². The number of halogens is 7. The number of anilines is 4. The van der Waals surface area contributed by atoms with Crippen LogP contribution in [0.2, 0.25) is 0 Å². The molecule has 0 atom stereocenters. The van der Waals surface area contributed by atoms with Crippen molar-refractivity contribution >= 4 is 86.8 Å². The molecule has 19 nitrogen and oxygen atoms in total. The first-order valence-electron chi connectivity index (χ1n) is 18.5. The molecule has 2 aromatic rings. The fourth-order valence-corrected chi connectivity index (χ4v) is 6.78. The molecule has 62 heavy (non-hydrogen) atoms. The van der Waals surface area contributed by atoms with Crippen molar-refractivity contribution < 1.29 is 55.0 Å². The third-order valence-electron chi connectivity index (χ3n) is 7.89. The number of nitrogens with one attached hydrogen (secondary N) is 4. The summed E-state index contributed by atoms with van der Waals surface area (Å²) in [5.74, 6) is -4.51. The average molecular weight is 998 g/mol. The SMILES string of the molecule is NCCOc1c(NC(=O)CCCCN=C(N)N)cc(C(F)(F)F)cc1NC(=O)C1=CC(C(=O)Nc2cc(C(F)(F)F)cc(NC(=O)CCCCN=C(N)N)c2OCCN)=IC=N1. The molecule has 2 aromatic carbocycles. The molecule has 0 aliphatic carbocycles. The highest BCUT2D eigenvalue weighted by Gasteiger charge is 2.35. The van der Waals surface area contributed by atoms with Crippen LogP contribution in [0.5, 0.6) is 11.5 Å². The number of carbonyl (C=O) groups excluding carboxylic acids is 4. The molecule has 0 unspecified atom stereocenters. The van der Waals surface area contributed by atoms with E-state index in [0.717, 1.165) is 6.08 Å². The Bertz CT molecular complexity index is 1970. The predicted octanol–water partition coefficient (Wildman–Crippen LogP) is 2.81. The van der Waals surface area contributed by atoms with Gasteiger partial charge in [0.1, 0.15) is 18.9 Å². The van der Waals surface area contributed by atoms with Crippen molar-refractivity contribution in [2.45, 2.75) is 50.9 Å². The van der Waals surface area contributed by atoms with E-state index in [0.29, 0.717) is 37.1 Å². The highest BCUT2D eigenvalue weighted by atomic mass is 127. The van der Waals surface area contributed by atoms with E-state index in [2.05, 4.69) is 36.2 Å². The van der Waals surface area contributed by atoms with Gasteiger partial charge in [-0.05, 0) is 56.0 Å². The van der Waals surface area contributed by atoms with Gasteiger partial charge in [-0.3, -0.25) is 29.2 Å². The Morgan fingerprint density at radius 1 is 0.629 bits per heavy atom. The summed E-state index contributed by atoms with van der Waals surface area (Å²) in [6.45, 7) is -0.284. The molecule has 1 aliphatic rings. The fraction of sp³-hybridized carbons (Fsp3) is 0.389. The highest BCUT2D eigenvalue weighted by molar-refractivity contribution is 14.2. The van der Waals surface area contributed by atoms with Gasteiger partial charge in [-0.15, -0.1) is 0 Å². The number of unbranched alkanes of at least 4 members (excludes halogenated alkanes) is 2. The van der Waals surface area contributed by atoms with Gasteiger partial charge in [0.15, 0.2) is 23.4 Å². The summed E-state index contributed by atoms with van der Waals surface area (Å²) < 4.78 is 96.9. The number of alkyl halides is 6. The molecule has 26 heteroatoms. The van der Waals surface area contributed by atoms with Crippen molar-refractivity contribution in [3.05, 3.63) is 47.2 Å². The Morgan fingerprint density at radius 2 is 1.03 bits per heavy atom. The molecule has 1 aliphatic heterocycles. The van der Waals surface area contributed by atoms with Crippen LogP contribution in [-0.2, 0) is 31.5 Å². The number of nitrogens with zero attached hydrogens (tertiary/aromatic N) is 3. The van der Waals surface area contributed by atoms with E-state index in [9.17, 15) is 45.5 Å². The van der Waals surface area contributed by atoms with E-state index < -0.39 is 96.3 Å². The largest absolute Gasteiger partial charge is 0.488 e. The maximum absolute atomic E-state index is 14.1. The molecule has 0 bridgehead atoms. The van der Waals surface area contributed by atoms with Crippen LogP contribution in [0.15, 0.2) is 51.0 Å². The van der Waals surface area contributed by atoms with E-state index >= 15 is 0 Å². The Balaban J connectivity index is 1.93. The molecule has 3 rings (SSSR count). The van der Waals surface area contributed by atoms with E-state index in [4.69, 9.17) is 43.9 Å². The third kappa shape index (κ3) is 16.4. The van der Waals surface area contributed by atoms with Crippen LogP contribution in [0.25, 0.3) is 0 Å². The molecule has 0 radical (unpaired) electrons. The number of aliphatic imine (C=N–C) groups is 3. The molecule has 0 fully saturated rings. The van der Waals surface area contributed by atoms with Crippen LogP contribution in [0.4, 0.5) is 49.1 Å². The average Bonchev–Trinajstić information content (AvgIpc) is 3.18. The Labute approximate surface area is 360 Å². The number of rotatable bonds is 22. The smallest absolute Gasteiger partial charge is 0.416 e. The van der Waals surface area contributed by atoms with Crippen molar-refractivity contribution in [2.24, 2.45) is 49.4 Å². The summed E-state index contributed by atoms with van der Waals surface area (Å²) in [5, 5.41) is 9.38. The fourth-order valence-electron chi connectivity index (χ4n) is 5.15. The summed E-state index contributed by atoms with van der Waals surface area (Å²) in [6, 6.07) is 2.39.